The molecule has 4 heteroatoms. The van der Waals surface area contributed by atoms with E-state index < -0.39 is 0 Å². The summed E-state index contributed by atoms with van der Waals surface area (Å²) in [6, 6.07) is 26.2. The maximum atomic E-state index is 6.22. The van der Waals surface area contributed by atoms with Crippen molar-refractivity contribution < 1.29 is 9.47 Å². The Morgan fingerprint density at radius 1 is 0.938 bits per heavy atom. The largest absolute Gasteiger partial charge is 0.497 e. The van der Waals surface area contributed by atoms with Crippen LogP contribution in [0.1, 0.15) is 41.4 Å². The lowest BCUT2D eigenvalue weighted by Gasteiger charge is -2.34. The maximum Gasteiger partial charge on any atom is 0.126 e. The smallest absolute Gasteiger partial charge is 0.126 e. The van der Waals surface area contributed by atoms with Crippen molar-refractivity contribution in [1.29, 1.82) is 0 Å². The molecule has 166 valence electrons. The zero-order valence-corrected chi connectivity index (χ0v) is 19.5. The van der Waals surface area contributed by atoms with Crippen LogP contribution in [0.5, 0.6) is 11.5 Å². The van der Waals surface area contributed by atoms with Gasteiger partial charge in [0, 0.05) is 40.7 Å². The SMILES string of the molecule is COc1ccc2c(c1)OC[C@@H](c1ccccc1)[C@H]2c1ccc(SCCN2CCCC2)cc1. The Balaban J connectivity index is 1.39. The van der Waals surface area contributed by atoms with Gasteiger partial charge in [-0.25, -0.2) is 0 Å². The van der Waals surface area contributed by atoms with Crippen LogP contribution < -0.4 is 9.47 Å². The fourth-order valence-electron chi connectivity index (χ4n) is 4.99. The predicted octanol–water partition coefficient (Wildman–Crippen LogP) is 6.19. The molecular weight excluding hydrogens is 414 g/mol. The summed E-state index contributed by atoms with van der Waals surface area (Å²) < 4.78 is 11.7. The molecule has 0 N–H and O–H groups in total. The van der Waals surface area contributed by atoms with E-state index in [9.17, 15) is 0 Å². The van der Waals surface area contributed by atoms with Gasteiger partial charge in [0.2, 0.25) is 0 Å². The second kappa shape index (κ2) is 10.0. The van der Waals surface area contributed by atoms with Gasteiger partial charge in [-0.3, -0.25) is 0 Å². The third-order valence-corrected chi connectivity index (χ3v) is 7.71. The number of nitrogens with zero attached hydrogens (tertiary/aromatic N) is 1. The highest BCUT2D eigenvalue weighted by Crippen LogP contribution is 2.47. The molecule has 0 saturated carbocycles. The summed E-state index contributed by atoms with van der Waals surface area (Å²) in [6.07, 6.45) is 2.72. The molecule has 0 amide bonds. The average molecular weight is 446 g/mol. The van der Waals surface area contributed by atoms with Crippen LogP contribution in [0.25, 0.3) is 0 Å². The average Bonchev–Trinajstić information content (AvgIpc) is 3.37. The fraction of sp³-hybridized carbons (Fsp3) is 0.357. The van der Waals surface area contributed by atoms with Gasteiger partial charge in [0.15, 0.2) is 0 Å². The van der Waals surface area contributed by atoms with E-state index in [1.807, 2.05) is 23.9 Å². The molecule has 1 saturated heterocycles. The summed E-state index contributed by atoms with van der Waals surface area (Å²) in [6.45, 7) is 4.40. The zero-order valence-electron chi connectivity index (χ0n) is 18.7. The van der Waals surface area contributed by atoms with E-state index in [2.05, 4.69) is 65.6 Å². The van der Waals surface area contributed by atoms with Gasteiger partial charge in [0.1, 0.15) is 11.5 Å². The van der Waals surface area contributed by atoms with E-state index in [1.54, 1.807) is 7.11 Å². The van der Waals surface area contributed by atoms with Crippen molar-refractivity contribution in [3.8, 4) is 11.5 Å². The second-order valence-corrected chi connectivity index (χ2v) is 9.84. The number of fused-ring (bicyclic) bond motifs is 1. The number of methoxy groups -OCH3 is 1. The van der Waals surface area contributed by atoms with Crippen LogP contribution in [0.15, 0.2) is 77.7 Å². The first-order valence-electron chi connectivity index (χ1n) is 11.6. The highest BCUT2D eigenvalue weighted by atomic mass is 32.2. The van der Waals surface area contributed by atoms with Crippen molar-refractivity contribution in [3.05, 3.63) is 89.5 Å². The molecule has 3 aromatic carbocycles. The summed E-state index contributed by atoms with van der Waals surface area (Å²) in [5.41, 5.74) is 3.90. The molecule has 32 heavy (non-hydrogen) atoms. The molecule has 2 heterocycles. The van der Waals surface area contributed by atoms with Crippen molar-refractivity contribution >= 4 is 11.8 Å². The Bertz CT molecular complexity index is 1020. The number of hydrogen-bond acceptors (Lipinski definition) is 4. The molecular formula is C28H31NO2S. The van der Waals surface area contributed by atoms with E-state index in [0.717, 1.165) is 17.3 Å². The van der Waals surface area contributed by atoms with Crippen LogP contribution >= 0.6 is 11.8 Å². The van der Waals surface area contributed by atoms with Crippen LogP contribution in [-0.4, -0.2) is 44.0 Å². The van der Waals surface area contributed by atoms with Crippen molar-refractivity contribution in [2.45, 2.75) is 29.6 Å². The number of likely N-dealkylation sites (tertiary alicyclic amines) is 1. The monoisotopic (exact) mass is 445 g/mol. The molecule has 0 aromatic heterocycles. The van der Waals surface area contributed by atoms with Crippen LogP contribution in [0.4, 0.5) is 0 Å². The van der Waals surface area contributed by atoms with Crippen molar-refractivity contribution in [2.75, 3.05) is 39.1 Å². The third-order valence-electron chi connectivity index (χ3n) is 6.72. The molecule has 2 atom stereocenters. The Hall–Kier alpha value is -2.43. The van der Waals surface area contributed by atoms with Crippen LogP contribution in [0.3, 0.4) is 0 Å². The van der Waals surface area contributed by atoms with E-state index >= 15 is 0 Å². The minimum Gasteiger partial charge on any atom is -0.497 e. The summed E-state index contributed by atoms with van der Waals surface area (Å²) in [5, 5.41) is 0. The second-order valence-electron chi connectivity index (χ2n) is 8.68. The van der Waals surface area contributed by atoms with E-state index in [0.29, 0.717) is 6.61 Å². The predicted molar refractivity (Wildman–Crippen MR) is 132 cm³/mol. The molecule has 3 aromatic rings. The Labute approximate surface area is 195 Å². The highest BCUT2D eigenvalue weighted by Gasteiger charge is 2.33. The van der Waals surface area contributed by atoms with Crippen LogP contribution in [-0.2, 0) is 0 Å². The van der Waals surface area contributed by atoms with Gasteiger partial charge >= 0.3 is 0 Å². The molecule has 2 aliphatic rings. The molecule has 0 aliphatic carbocycles. The summed E-state index contributed by atoms with van der Waals surface area (Å²) in [4.78, 5) is 3.94. The minimum atomic E-state index is 0.260. The van der Waals surface area contributed by atoms with E-state index in [4.69, 9.17) is 9.47 Å². The lowest BCUT2D eigenvalue weighted by Crippen LogP contribution is -2.25. The minimum absolute atomic E-state index is 0.260. The van der Waals surface area contributed by atoms with Crippen LogP contribution in [0.2, 0.25) is 0 Å². The lowest BCUT2D eigenvalue weighted by atomic mass is 9.76. The number of thioether (sulfide) groups is 1. The molecule has 3 nitrogen and oxygen atoms in total. The van der Waals surface area contributed by atoms with E-state index in [-0.39, 0.29) is 11.8 Å². The fourth-order valence-corrected chi connectivity index (χ4v) is 5.90. The number of ether oxygens (including phenoxy) is 2. The quantitative estimate of drug-likeness (QED) is 0.404. The number of hydrogen-bond donors (Lipinski definition) is 0. The third kappa shape index (κ3) is 4.67. The first kappa shape index (κ1) is 21.4. The summed E-state index contributed by atoms with van der Waals surface area (Å²) in [7, 11) is 1.70. The normalized spacial score (nSPS) is 20.5. The number of benzene rings is 3. The lowest BCUT2D eigenvalue weighted by molar-refractivity contribution is 0.247. The molecule has 0 radical (unpaired) electrons. The number of rotatable bonds is 7. The Morgan fingerprint density at radius 2 is 1.72 bits per heavy atom. The van der Waals surface area contributed by atoms with Gasteiger partial charge in [-0.15, -0.1) is 11.8 Å². The van der Waals surface area contributed by atoms with Gasteiger partial charge in [0.25, 0.3) is 0 Å². The molecule has 1 fully saturated rings. The first-order chi connectivity index (χ1) is 15.8. The summed E-state index contributed by atoms with van der Waals surface area (Å²) in [5.74, 6) is 3.48. The topological polar surface area (TPSA) is 21.7 Å². The standard InChI is InChI=1S/C28H31NO2S/c1-30-23-11-14-25-27(19-23)31-20-26(21-7-3-2-4-8-21)28(25)22-9-12-24(13-10-22)32-18-17-29-15-5-6-16-29/h2-4,7-14,19,26,28H,5-6,15-18,20H2,1H3/t26-,28-/m0/s1. The van der Waals surface area contributed by atoms with Gasteiger partial charge in [-0.05, 0) is 55.3 Å². The Morgan fingerprint density at radius 3 is 2.47 bits per heavy atom. The van der Waals surface area contributed by atoms with Crippen molar-refractivity contribution in [1.82, 2.24) is 4.90 Å². The van der Waals surface area contributed by atoms with Gasteiger partial charge < -0.3 is 14.4 Å². The summed E-state index contributed by atoms with van der Waals surface area (Å²) >= 11 is 1.97. The molecule has 0 unspecified atom stereocenters. The molecule has 0 spiro atoms. The highest BCUT2D eigenvalue weighted by molar-refractivity contribution is 7.99. The van der Waals surface area contributed by atoms with E-state index in [1.165, 1.54) is 54.1 Å². The molecule has 0 bridgehead atoms. The van der Waals surface area contributed by atoms with Crippen molar-refractivity contribution in [3.63, 3.8) is 0 Å². The van der Waals surface area contributed by atoms with Crippen LogP contribution in [0, 0.1) is 0 Å². The van der Waals surface area contributed by atoms with Gasteiger partial charge in [0.05, 0.1) is 13.7 Å². The van der Waals surface area contributed by atoms with Crippen molar-refractivity contribution in [2.24, 2.45) is 0 Å². The van der Waals surface area contributed by atoms with Gasteiger partial charge in [-0.1, -0.05) is 48.5 Å². The molecule has 5 rings (SSSR count). The zero-order chi connectivity index (χ0) is 21.8. The maximum absolute atomic E-state index is 6.22. The first-order valence-corrected chi connectivity index (χ1v) is 12.6. The molecule has 2 aliphatic heterocycles. The van der Waals surface area contributed by atoms with Gasteiger partial charge in [-0.2, -0.15) is 0 Å². The Kier molecular flexibility index (Phi) is 6.70.